The van der Waals surface area contributed by atoms with Crippen molar-refractivity contribution < 1.29 is 8.83 Å². The lowest BCUT2D eigenvalue weighted by Crippen LogP contribution is -1.77. The van der Waals surface area contributed by atoms with E-state index in [1.807, 2.05) is 46.9 Å². The lowest BCUT2D eigenvalue weighted by Gasteiger charge is -2.03. The SMILES string of the molecule is c1ccc2c(c1)oc1ccc(-c3ccc4c(c3)sc3c5ccc(-c6ccc7oc8ccccc8c7c6)cc5sc43)cc12. The maximum Gasteiger partial charge on any atom is 0.135 e. The maximum absolute atomic E-state index is 6.05. The molecular formula is C38H20O2S2. The first-order valence-corrected chi connectivity index (χ1v) is 15.6. The molecule has 0 fully saturated rings. The Balaban J connectivity index is 1.07. The summed E-state index contributed by atoms with van der Waals surface area (Å²) in [5, 5.41) is 7.33. The van der Waals surface area contributed by atoms with Crippen molar-refractivity contribution in [2.24, 2.45) is 0 Å². The predicted octanol–water partition coefficient (Wildman–Crippen LogP) is 12.4. The largest absolute Gasteiger partial charge is 0.456 e. The number of benzene rings is 6. The fourth-order valence-corrected chi connectivity index (χ4v) is 9.16. The summed E-state index contributed by atoms with van der Waals surface area (Å²) in [5.41, 5.74) is 8.63. The van der Waals surface area contributed by atoms with E-state index < -0.39 is 0 Å². The summed E-state index contributed by atoms with van der Waals surface area (Å²) < 4.78 is 17.5. The fourth-order valence-electron chi connectivity index (χ4n) is 6.43. The molecule has 0 saturated heterocycles. The van der Waals surface area contributed by atoms with E-state index in [1.54, 1.807) is 0 Å². The van der Waals surface area contributed by atoms with Crippen molar-refractivity contribution in [3.63, 3.8) is 0 Å². The zero-order valence-electron chi connectivity index (χ0n) is 22.2. The van der Waals surface area contributed by atoms with Crippen LogP contribution in [0.4, 0.5) is 0 Å². The molecule has 4 heterocycles. The molecule has 0 N–H and O–H groups in total. The maximum atomic E-state index is 6.05. The second kappa shape index (κ2) is 8.32. The van der Waals surface area contributed by atoms with Crippen molar-refractivity contribution in [3.05, 3.63) is 121 Å². The Morgan fingerprint density at radius 3 is 1.24 bits per heavy atom. The lowest BCUT2D eigenvalue weighted by atomic mass is 10.0. The number of hydrogen-bond acceptors (Lipinski definition) is 4. The summed E-state index contributed by atoms with van der Waals surface area (Å²) >= 11 is 3.80. The highest BCUT2D eigenvalue weighted by Crippen LogP contribution is 2.46. The Bertz CT molecular complexity index is 2510. The van der Waals surface area contributed by atoms with Gasteiger partial charge in [-0.1, -0.05) is 72.8 Å². The molecule has 0 unspecified atom stereocenters. The zero-order valence-corrected chi connectivity index (χ0v) is 23.8. The number of hydrogen-bond donors (Lipinski definition) is 0. The highest BCUT2D eigenvalue weighted by molar-refractivity contribution is 7.36. The van der Waals surface area contributed by atoms with Crippen LogP contribution in [0.15, 0.2) is 130 Å². The Morgan fingerprint density at radius 2 is 0.738 bits per heavy atom. The smallest absolute Gasteiger partial charge is 0.135 e. The summed E-state index contributed by atoms with van der Waals surface area (Å²) in [5.74, 6) is 0. The minimum absolute atomic E-state index is 0.932. The first kappa shape index (κ1) is 22.8. The van der Waals surface area contributed by atoms with E-state index in [4.69, 9.17) is 8.83 Å². The van der Waals surface area contributed by atoms with Gasteiger partial charge in [0, 0.05) is 41.7 Å². The molecule has 10 aromatic rings. The van der Waals surface area contributed by atoms with E-state index in [9.17, 15) is 0 Å². The highest BCUT2D eigenvalue weighted by Gasteiger charge is 2.15. The van der Waals surface area contributed by atoms with Crippen molar-refractivity contribution in [2.45, 2.75) is 0 Å². The van der Waals surface area contributed by atoms with Crippen LogP contribution in [0.25, 0.3) is 95.7 Å². The van der Waals surface area contributed by atoms with E-state index in [-0.39, 0.29) is 0 Å². The molecule has 0 aliphatic carbocycles. The van der Waals surface area contributed by atoms with Crippen molar-refractivity contribution in [1.29, 1.82) is 0 Å². The number of fused-ring (bicyclic) bond motifs is 11. The van der Waals surface area contributed by atoms with Gasteiger partial charge in [0.05, 0.1) is 9.40 Å². The standard InChI is InChI=1S/C38H20O2S2/c1-3-7-31-25(5-1)29-17-21(11-15-33(29)39-31)23-9-13-27-35(19-23)41-38-28-14-10-24(20-36(28)42-37(27)38)22-12-16-34-30(18-22)26-6-2-4-8-32(26)40-34/h1-20H. The Labute approximate surface area is 247 Å². The lowest BCUT2D eigenvalue weighted by molar-refractivity contribution is 0.668. The van der Waals surface area contributed by atoms with Gasteiger partial charge < -0.3 is 8.83 Å². The third kappa shape index (κ3) is 3.19. The molecule has 10 rings (SSSR count). The van der Waals surface area contributed by atoms with Crippen LogP contribution in [-0.2, 0) is 0 Å². The van der Waals surface area contributed by atoms with Crippen molar-refractivity contribution in [1.82, 2.24) is 0 Å². The number of rotatable bonds is 2. The molecule has 0 bridgehead atoms. The van der Waals surface area contributed by atoms with Gasteiger partial charge in [-0.05, 0) is 70.8 Å². The Kier molecular flexibility index (Phi) is 4.51. The van der Waals surface area contributed by atoms with Gasteiger partial charge in [0.15, 0.2) is 0 Å². The van der Waals surface area contributed by atoms with Crippen LogP contribution in [0.5, 0.6) is 0 Å². The first-order chi connectivity index (χ1) is 20.8. The molecule has 0 saturated carbocycles. The van der Waals surface area contributed by atoms with Crippen LogP contribution in [0, 0.1) is 0 Å². The van der Waals surface area contributed by atoms with Gasteiger partial charge in [-0.2, -0.15) is 0 Å². The van der Waals surface area contributed by atoms with Crippen molar-refractivity contribution in [3.8, 4) is 22.3 Å². The molecule has 0 aliphatic heterocycles. The minimum atomic E-state index is 0.932. The number of para-hydroxylation sites is 2. The quantitative estimate of drug-likeness (QED) is 0.206. The topological polar surface area (TPSA) is 26.3 Å². The third-order valence-electron chi connectivity index (χ3n) is 8.50. The Hall–Kier alpha value is -4.90. The molecular weight excluding hydrogens is 553 g/mol. The third-order valence-corrected chi connectivity index (χ3v) is 11.0. The fraction of sp³-hybridized carbons (Fsp3) is 0. The van der Waals surface area contributed by atoms with Crippen LogP contribution in [-0.4, -0.2) is 0 Å². The van der Waals surface area contributed by atoms with E-state index in [2.05, 4.69) is 97.1 Å². The summed E-state index contributed by atoms with van der Waals surface area (Å²) in [7, 11) is 0. The van der Waals surface area contributed by atoms with Crippen LogP contribution in [0.1, 0.15) is 0 Å². The van der Waals surface area contributed by atoms with Gasteiger partial charge in [-0.15, -0.1) is 22.7 Å². The first-order valence-electron chi connectivity index (χ1n) is 14.0. The van der Waals surface area contributed by atoms with Crippen molar-refractivity contribution in [2.75, 3.05) is 0 Å². The van der Waals surface area contributed by atoms with Gasteiger partial charge in [-0.3, -0.25) is 0 Å². The van der Waals surface area contributed by atoms with Gasteiger partial charge in [0.1, 0.15) is 22.3 Å². The molecule has 2 nitrogen and oxygen atoms in total. The molecule has 0 amide bonds. The number of thiophene rings is 2. The molecule has 196 valence electrons. The summed E-state index contributed by atoms with van der Waals surface area (Å²) in [6.07, 6.45) is 0. The molecule has 0 spiro atoms. The van der Waals surface area contributed by atoms with Gasteiger partial charge in [-0.25, -0.2) is 0 Å². The van der Waals surface area contributed by atoms with E-state index >= 15 is 0 Å². The predicted molar refractivity (Wildman–Crippen MR) is 180 cm³/mol. The van der Waals surface area contributed by atoms with Crippen LogP contribution < -0.4 is 0 Å². The zero-order chi connectivity index (χ0) is 27.4. The van der Waals surface area contributed by atoms with Crippen LogP contribution >= 0.6 is 22.7 Å². The van der Waals surface area contributed by atoms with E-state index in [1.165, 1.54) is 51.8 Å². The van der Waals surface area contributed by atoms with Crippen molar-refractivity contribution >= 4 is 96.1 Å². The van der Waals surface area contributed by atoms with E-state index in [0.717, 1.165) is 43.9 Å². The molecule has 0 aliphatic rings. The second-order valence-corrected chi connectivity index (χ2v) is 13.0. The van der Waals surface area contributed by atoms with Gasteiger partial charge in [0.2, 0.25) is 0 Å². The average molecular weight is 573 g/mol. The van der Waals surface area contributed by atoms with Gasteiger partial charge >= 0.3 is 0 Å². The normalized spacial score (nSPS) is 12.3. The second-order valence-electron chi connectivity index (χ2n) is 10.9. The van der Waals surface area contributed by atoms with Crippen LogP contribution in [0.2, 0.25) is 0 Å². The average Bonchev–Trinajstić information content (AvgIpc) is 3.78. The Morgan fingerprint density at radius 1 is 0.333 bits per heavy atom. The monoisotopic (exact) mass is 572 g/mol. The molecule has 4 aromatic heterocycles. The molecule has 42 heavy (non-hydrogen) atoms. The molecule has 0 atom stereocenters. The van der Waals surface area contributed by atoms with E-state index in [0.29, 0.717) is 0 Å². The number of furan rings is 2. The summed E-state index contributed by atoms with van der Waals surface area (Å²) in [6, 6.07) is 43.4. The summed E-state index contributed by atoms with van der Waals surface area (Å²) in [4.78, 5) is 0. The molecule has 6 aromatic carbocycles. The highest BCUT2D eigenvalue weighted by atomic mass is 32.1. The van der Waals surface area contributed by atoms with Crippen LogP contribution in [0.3, 0.4) is 0 Å². The summed E-state index contributed by atoms with van der Waals surface area (Å²) in [6.45, 7) is 0. The minimum Gasteiger partial charge on any atom is -0.456 e. The molecule has 0 radical (unpaired) electrons. The van der Waals surface area contributed by atoms with Gasteiger partial charge in [0.25, 0.3) is 0 Å². The molecule has 4 heteroatoms.